The summed E-state index contributed by atoms with van der Waals surface area (Å²) in [7, 11) is 4.66. The van der Waals surface area contributed by atoms with E-state index in [9.17, 15) is 4.79 Å². The van der Waals surface area contributed by atoms with Crippen LogP contribution in [0.2, 0.25) is 0 Å². The summed E-state index contributed by atoms with van der Waals surface area (Å²) in [5.74, 6) is 1.48. The quantitative estimate of drug-likeness (QED) is 0.884. The van der Waals surface area contributed by atoms with Crippen molar-refractivity contribution in [2.75, 3.05) is 21.3 Å². The Morgan fingerprint density at radius 3 is 2.50 bits per heavy atom. The molecular weight excluding hydrogens is 284 g/mol. The highest BCUT2D eigenvalue weighted by molar-refractivity contribution is 5.93. The fraction of sp³-hybridized carbons (Fsp3) is 0.250. The predicted octanol–water partition coefficient (Wildman–Crippen LogP) is 2.04. The fourth-order valence-corrected chi connectivity index (χ4v) is 2.01. The van der Waals surface area contributed by atoms with Crippen molar-refractivity contribution >= 4 is 5.91 Å². The zero-order valence-electron chi connectivity index (χ0n) is 12.8. The first-order valence-corrected chi connectivity index (χ1v) is 6.67. The van der Waals surface area contributed by atoms with Crippen LogP contribution in [-0.4, -0.2) is 32.2 Å². The van der Waals surface area contributed by atoms with Crippen LogP contribution in [0.5, 0.6) is 17.4 Å². The maximum Gasteiger partial charge on any atom is 0.253 e. The molecular formula is C16H18N2O4. The van der Waals surface area contributed by atoms with E-state index in [-0.39, 0.29) is 5.91 Å². The van der Waals surface area contributed by atoms with E-state index >= 15 is 0 Å². The molecule has 6 nitrogen and oxygen atoms in total. The van der Waals surface area contributed by atoms with Gasteiger partial charge in [0, 0.05) is 24.4 Å². The first-order chi connectivity index (χ1) is 10.7. The number of benzene rings is 1. The summed E-state index contributed by atoms with van der Waals surface area (Å²) in [6, 6.07) is 8.81. The van der Waals surface area contributed by atoms with Gasteiger partial charge in [-0.15, -0.1) is 0 Å². The molecule has 0 unspecified atom stereocenters. The van der Waals surface area contributed by atoms with Gasteiger partial charge in [-0.2, -0.15) is 0 Å². The molecule has 0 aliphatic carbocycles. The van der Waals surface area contributed by atoms with Crippen LogP contribution in [0.15, 0.2) is 36.5 Å². The summed E-state index contributed by atoms with van der Waals surface area (Å²) >= 11 is 0. The number of hydrogen-bond donors (Lipinski definition) is 1. The largest absolute Gasteiger partial charge is 0.493 e. The highest BCUT2D eigenvalue weighted by atomic mass is 16.5. The van der Waals surface area contributed by atoms with Crippen molar-refractivity contribution < 1.29 is 19.0 Å². The molecule has 2 aromatic rings. The number of aromatic nitrogens is 1. The monoisotopic (exact) mass is 302 g/mol. The third-order valence-corrected chi connectivity index (χ3v) is 3.13. The number of carbonyl (C=O) groups is 1. The van der Waals surface area contributed by atoms with Gasteiger partial charge in [0.1, 0.15) is 0 Å². The van der Waals surface area contributed by atoms with Crippen molar-refractivity contribution in [2.24, 2.45) is 0 Å². The average molecular weight is 302 g/mol. The van der Waals surface area contributed by atoms with Crippen molar-refractivity contribution in [3.63, 3.8) is 0 Å². The lowest BCUT2D eigenvalue weighted by Gasteiger charge is -2.13. The zero-order chi connectivity index (χ0) is 15.9. The van der Waals surface area contributed by atoms with E-state index in [1.165, 1.54) is 13.3 Å². The van der Waals surface area contributed by atoms with Crippen molar-refractivity contribution in [3.8, 4) is 17.4 Å². The molecule has 0 aliphatic rings. The van der Waals surface area contributed by atoms with Crippen LogP contribution < -0.4 is 19.5 Å². The van der Waals surface area contributed by atoms with Crippen LogP contribution in [0, 0.1) is 0 Å². The van der Waals surface area contributed by atoms with E-state index in [1.54, 1.807) is 32.4 Å². The third kappa shape index (κ3) is 3.46. The van der Waals surface area contributed by atoms with Crippen molar-refractivity contribution in [3.05, 3.63) is 47.7 Å². The van der Waals surface area contributed by atoms with Crippen molar-refractivity contribution in [1.82, 2.24) is 10.3 Å². The Morgan fingerprint density at radius 2 is 1.91 bits per heavy atom. The average Bonchev–Trinajstić information content (AvgIpc) is 2.59. The number of hydrogen-bond acceptors (Lipinski definition) is 5. The van der Waals surface area contributed by atoms with Gasteiger partial charge >= 0.3 is 0 Å². The molecule has 0 fully saturated rings. The fourth-order valence-electron chi connectivity index (χ4n) is 2.01. The van der Waals surface area contributed by atoms with E-state index in [0.717, 1.165) is 5.56 Å². The number of methoxy groups -OCH3 is 3. The molecule has 0 bridgehead atoms. The van der Waals surface area contributed by atoms with Gasteiger partial charge in [0.2, 0.25) is 5.88 Å². The van der Waals surface area contributed by atoms with Gasteiger partial charge < -0.3 is 19.5 Å². The number of carbonyl (C=O) groups excluding carboxylic acids is 1. The van der Waals surface area contributed by atoms with Crippen LogP contribution in [0.4, 0.5) is 0 Å². The summed E-state index contributed by atoms with van der Waals surface area (Å²) < 4.78 is 15.5. The Labute approximate surface area is 129 Å². The minimum absolute atomic E-state index is 0.222. The van der Waals surface area contributed by atoms with Crippen LogP contribution in [0.25, 0.3) is 0 Å². The molecule has 1 N–H and O–H groups in total. The van der Waals surface area contributed by atoms with E-state index in [0.29, 0.717) is 29.5 Å². The van der Waals surface area contributed by atoms with Crippen LogP contribution in [-0.2, 0) is 6.54 Å². The molecule has 0 saturated heterocycles. The topological polar surface area (TPSA) is 69.7 Å². The molecule has 116 valence electrons. The molecule has 1 aromatic heterocycles. The summed E-state index contributed by atoms with van der Waals surface area (Å²) in [5, 5.41) is 2.82. The molecule has 0 saturated carbocycles. The maximum atomic E-state index is 12.1. The van der Waals surface area contributed by atoms with Gasteiger partial charge in [-0.05, 0) is 12.1 Å². The normalized spacial score (nSPS) is 9.95. The summed E-state index contributed by atoms with van der Waals surface area (Å²) in [6.45, 7) is 0.325. The van der Waals surface area contributed by atoms with Gasteiger partial charge in [0.05, 0.1) is 26.9 Å². The molecule has 1 heterocycles. The van der Waals surface area contributed by atoms with E-state index < -0.39 is 0 Å². The molecule has 0 spiro atoms. The zero-order valence-corrected chi connectivity index (χ0v) is 12.8. The van der Waals surface area contributed by atoms with Gasteiger partial charge in [-0.1, -0.05) is 12.1 Å². The number of pyridine rings is 1. The van der Waals surface area contributed by atoms with Crippen LogP contribution in [0.1, 0.15) is 15.9 Å². The van der Waals surface area contributed by atoms with Crippen molar-refractivity contribution in [2.45, 2.75) is 6.54 Å². The Balaban J connectivity index is 2.07. The lowest BCUT2D eigenvalue weighted by atomic mass is 10.1. The van der Waals surface area contributed by atoms with Gasteiger partial charge in [0.15, 0.2) is 11.5 Å². The molecule has 1 aromatic carbocycles. The Bertz CT molecular complexity index is 641. The second-order valence-corrected chi connectivity index (χ2v) is 4.42. The summed E-state index contributed by atoms with van der Waals surface area (Å²) in [5.41, 5.74) is 1.29. The smallest absolute Gasteiger partial charge is 0.253 e. The molecule has 22 heavy (non-hydrogen) atoms. The van der Waals surface area contributed by atoms with Gasteiger partial charge in [-0.3, -0.25) is 4.79 Å². The number of para-hydroxylation sites is 1. The van der Waals surface area contributed by atoms with Crippen LogP contribution in [0.3, 0.4) is 0 Å². The first-order valence-electron chi connectivity index (χ1n) is 6.67. The minimum atomic E-state index is -0.222. The number of rotatable bonds is 6. The molecule has 6 heteroatoms. The van der Waals surface area contributed by atoms with Crippen LogP contribution >= 0.6 is 0 Å². The number of amides is 1. The summed E-state index contributed by atoms with van der Waals surface area (Å²) in [4.78, 5) is 16.1. The second kappa shape index (κ2) is 7.31. The highest BCUT2D eigenvalue weighted by Gasteiger charge is 2.11. The predicted molar refractivity (Wildman–Crippen MR) is 81.5 cm³/mol. The first kappa shape index (κ1) is 15.6. The Morgan fingerprint density at radius 1 is 1.09 bits per heavy atom. The van der Waals surface area contributed by atoms with Gasteiger partial charge in [0.25, 0.3) is 5.91 Å². The standard InChI is InChI=1S/C16H18N2O4/c1-20-13-6-4-5-11(15(13)22-3)9-18-16(19)12-7-8-14(21-2)17-10-12/h4-8,10H,9H2,1-3H3,(H,18,19). The number of ether oxygens (including phenoxy) is 3. The molecule has 0 radical (unpaired) electrons. The molecule has 2 rings (SSSR count). The number of nitrogens with zero attached hydrogens (tertiary/aromatic N) is 1. The lowest BCUT2D eigenvalue weighted by molar-refractivity contribution is 0.0950. The van der Waals surface area contributed by atoms with E-state index in [4.69, 9.17) is 14.2 Å². The summed E-state index contributed by atoms with van der Waals surface area (Å²) in [6.07, 6.45) is 1.47. The molecule has 1 amide bonds. The highest BCUT2D eigenvalue weighted by Crippen LogP contribution is 2.30. The third-order valence-electron chi connectivity index (χ3n) is 3.13. The SMILES string of the molecule is COc1ccc(C(=O)NCc2cccc(OC)c2OC)cn1. The van der Waals surface area contributed by atoms with E-state index in [1.807, 2.05) is 12.1 Å². The van der Waals surface area contributed by atoms with Crippen molar-refractivity contribution in [1.29, 1.82) is 0 Å². The number of nitrogens with one attached hydrogen (secondary N) is 1. The maximum absolute atomic E-state index is 12.1. The lowest BCUT2D eigenvalue weighted by Crippen LogP contribution is -2.23. The second-order valence-electron chi connectivity index (χ2n) is 4.42. The molecule has 0 aliphatic heterocycles. The molecule has 0 atom stereocenters. The van der Waals surface area contributed by atoms with Gasteiger partial charge in [-0.25, -0.2) is 4.98 Å². The minimum Gasteiger partial charge on any atom is -0.493 e. The van der Waals surface area contributed by atoms with E-state index in [2.05, 4.69) is 10.3 Å². The Hall–Kier alpha value is -2.76. The Kier molecular flexibility index (Phi) is 5.19.